The number of nitrogens with zero attached hydrogens (tertiary/aromatic N) is 2. The van der Waals surface area contributed by atoms with E-state index >= 15 is 0 Å². The topological polar surface area (TPSA) is 151 Å². The molecule has 1 heterocycles. The molecule has 1 aliphatic carbocycles. The lowest BCUT2D eigenvalue weighted by Crippen LogP contribution is -2.17. The number of ketones is 1. The molecule has 1 aliphatic rings. The summed E-state index contributed by atoms with van der Waals surface area (Å²) in [7, 11) is 0. The number of carboxylic acid groups (broad SMARTS) is 2. The first-order chi connectivity index (χ1) is 20.2. The van der Waals surface area contributed by atoms with Crippen LogP contribution in [0.4, 0.5) is 17.1 Å². The second-order valence-electron chi connectivity index (χ2n) is 9.27. The molecule has 0 fully saturated rings. The number of fused-ring (bicyclic) bond motifs is 2. The van der Waals surface area contributed by atoms with E-state index in [4.69, 9.17) is 27.9 Å². The van der Waals surface area contributed by atoms with Crippen molar-refractivity contribution >= 4 is 68.9 Å². The van der Waals surface area contributed by atoms with E-state index in [0.29, 0.717) is 60.5 Å². The fourth-order valence-corrected chi connectivity index (χ4v) is 5.36. The molecule has 0 saturated carbocycles. The summed E-state index contributed by atoms with van der Waals surface area (Å²) in [5.74, 6) is -2.43. The van der Waals surface area contributed by atoms with Gasteiger partial charge in [-0.05, 0) is 42.5 Å². The minimum atomic E-state index is -1.29. The summed E-state index contributed by atoms with van der Waals surface area (Å²) in [5.41, 5.74) is 2.85. The predicted molar refractivity (Wildman–Crippen MR) is 158 cm³/mol. The van der Waals surface area contributed by atoms with Gasteiger partial charge < -0.3 is 25.6 Å². The number of anilines is 3. The Kier molecular flexibility index (Phi) is 6.85. The number of rotatable bonds is 8. The first-order valence-electron chi connectivity index (χ1n) is 12.4. The molecule has 0 atom stereocenters. The number of carbonyl (C=O) groups excluding carboxylic acids is 1. The fraction of sp³-hybridized carbons (Fsp3) is 0.0333. The highest BCUT2D eigenvalue weighted by molar-refractivity contribution is 6.34. The third kappa shape index (κ3) is 4.93. The Bertz CT molecular complexity index is 1910. The van der Waals surface area contributed by atoms with Crippen molar-refractivity contribution < 1.29 is 29.3 Å². The summed E-state index contributed by atoms with van der Waals surface area (Å²) >= 11 is 12.2. The van der Waals surface area contributed by atoms with Crippen LogP contribution in [0.15, 0.2) is 73.1 Å². The van der Waals surface area contributed by atoms with Crippen LogP contribution >= 0.6 is 23.2 Å². The Morgan fingerprint density at radius 1 is 0.833 bits per heavy atom. The van der Waals surface area contributed by atoms with Gasteiger partial charge in [0.25, 0.3) is 0 Å². The molecule has 1 aromatic heterocycles. The lowest BCUT2D eigenvalue weighted by molar-refractivity contribution is 0.0696. The molecule has 0 aliphatic heterocycles. The summed E-state index contributed by atoms with van der Waals surface area (Å²) < 4.78 is 5.80. The van der Waals surface area contributed by atoms with Crippen molar-refractivity contribution in [2.45, 2.75) is 0 Å². The summed E-state index contributed by atoms with van der Waals surface area (Å²) in [5, 5.41) is 26.6. The predicted octanol–water partition coefficient (Wildman–Crippen LogP) is 6.74. The van der Waals surface area contributed by atoms with Crippen LogP contribution in [0.1, 0.15) is 36.6 Å². The van der Waals surface area contributed by atoms with Crippen molar-refractivity contribution in [3.05, 3.63) is 105 Å². The number of halogens is 2. The van der Waals surface area contributed by atoms with Gasteiger partial charge in [0.1, 0.15) is 12.1 Å². The Labute approximate surface area is 247 Å². The van der Waals surface area contributed by atoms with E-state index in [1.165, 1.54) is 18.5 Å². The number of nitrogens with one attached hydrogen (secondary N) is 2. The van der Waals surface area contributed by atoms with Crippen LogP contribution in [0.25, 0.3) is 22.2 Å². The molecule has 4 N–H and O–H groups in total. The van der Waals surface area contributed by atoms with E-state index in [0.717, 1.165) is 6.07 Å². The van der Waals surface area contributed by atoms with Gasteiger partial charge in [-0.2, -0.15) is 0 Å². The number of hydrogen-bond acceptors (Lipinski definition) is 8. The zero-order valence-electron chi connectivity index (χ0n) is 21.3. The molecule has 4 aromatic carbocycles. The van der Waals surface area contributed by atoms with Crippen molar-refractivity contribution in [1.82, 2.24) is 9.97 Å². The van der Waals surface area contributed by atoms with Crippen LogP contribution in [0, 0.1) is 0 Å². The molecular weight excluding hydrogens is 583 g/mol. The molecule has 0 amide bonds. The maximum absolute atomic E-state index is 13.8. The number of carboxylic acids is 2. The first kappa shape index (κ1) is 27.0. The van der Waals surface area contributed by atoms with Gasteiger partial charge in [-0.3, -0.25) is 4.79 Å². The second kappa shape index (κ2) is 10.7. The van der Waals surface area contributed by atoms with Crippen LogP contribution in [0.2, 0.25) is 10.0 Å². The van der Waals surface area contributed by atoms with Gasteiger partial charge in [0, 0.05) is 32.2 Å². The second-order valence-corrected chi connectivity index (χ2v) is 10.1. The van der Waals surface area contributed by atoms with Crippen LogP contribution < -0.4 is 15.4 Å². The molecule has 12 heteroatoms. The minimum absolute atomic E-state index is 0.0791. The number of aromatic nitrogens is 2. The molecule has 208 valence electrons. The number of carbonyl (C=O) groups is 3. The first-order valence-corrected chi connectivity index (χ1v) is 13.1. The highest BCUT2D eigenvalue weighted by Crippen LogP contribution is 2.43. The number of aromatic carboxylic acids is 2. The molecule has 0 bridgehead atoms. The van der Waals surface area contributed by atoms with Crippen LogP contribution in [-0.2, 0) is 0 Å². The summed E-state index contributed by atoms with van der Waals surface area (Å²) in [6.45, 7) is -0.0791. The van der Waals surface area contributed by atoms with Gasteiger partial charge in [0.05, 0.1) is 39.3 Å². The van der Waals surface area contributed by atoms with Crippen LogP contribution in [0.5, 0.6) is 5.75 Å². The van der Waals surface area contributed by atoms with E-state index < -0.39 is 11.9 Å². The Hall–Kier alpha value is -5.19. The Morgan fingerprint density at radius 2 is 1.50 bits per heavy atom. The third-order valence-corrected chi connectivity index (χ3v) is 7.04. The number of ether oxygens (including phenoxy) is 1. The van der Waals surface area contributed by atoms with Crippen molar-refractivity contribution in [1.29, 1.82) is 0 Å². The van der Waals surface area contributed by atoms with E-state index in [2.05, 4.69) is 20.6 Å². The summed E-state index contributed by atoms with van der Waals surface area (Å²) in [6.07, 6.45) is 1.37. The lowest BCUT2D eigenvalue weighted by Gasteiger charge is -2.23. The lowest BCUT2D eigenvalue weighted by atomic mass is 9.85. The molecule has 0 unspecified atom stereocenters. The number of benzene rings is 4. The maximum Gasteiger partial charge on any atom is 0.335 e. The van der Waals surface area contributed by atoms with Gasteiger partial charge in [0.2, 0.25) is 0 Å². The third-order valence-electron chi connectivity index (χ3n) is 6.61. The zero-order chi connectivity index (χ0) is 29.5. The molecule has 42 heavy (non-hydrogen) atoms. The average molecular weight is 601 g/mol. The zero-order valence-corrected chi connectivity index (χ0v) is 22.8. The highest BCUT2D eigenvalue weighted by atomic mass is 35.5. The largest absolute Gasteiger partial charge is 0.478 e. The van der Waals surface area contributed by atoms with Gasteiger partial charge in [-0.15, -0.1) is 0 Å². The average Bonchev–Trinajstić information content (AvgIpc) is 2.95. The van der Waals surface area contributed by atoms with E-state index in [1.54, 1.807) is 48.5 Å². The maximum atomic E-state index is 13.8. The fourth-order valence-electron chi connectivity index (χ4n) is 4.85. The smallest absolute Gasteiger partial charge is 0.335 e. The molecule has 0 spiro atoms. The quantitative estimate of drug-likeness (QED) is 0.138. The van der Waals surface area contributed by atoms with Crippen LogP contribution in [-0.4, -0.2) is 44.6 Å². The minimum Gasteiger partial charge on any atom is -0.478 e. The molecule has 6 rings (SSSR count). The normalized spacial score (nSPS) is 11.6. The Morgan fingerprint density at radius 3 is 2.17 bits per heavy atom. The van der Waals surface area contributed by atoms with Gasteiger partial charge in [0.15, 0.2) is 12.5 Å². The monoisotopic (exact) mass is 600 g/mol. The van der Waals surface area contributed by atoms with E-state index in [9.17, 15) is 24.6 Å². The van der Waals surface area contributed by atoms with Crippen molar-refractivity contribution in [3.8, 4) is 17.0 Å². The van der Waals surface area contributed by atoms with Gasteiger partial charge in [-0.1, -0.05) is 47.5 Å². The summed E-state index contributed by atoms with van der Waals surface area (Å²) in [4.78, 5) is 46.1. The molecule has 5 aromatic rings. The van der Waals surface area contributed by atoms with Crippen molar-refractivity contribution in [2.24, 2.45) is 0 Å². The summed E-state index contributed by atoms with van der Waals surface area (Å²) in [6, 6.07) is 17.2. The standard InChI is InChI=1S/C30H18Cl2N4O6/c31-16-8-17(32)10-19(9-16)42-13-35-22-11-23(36-18-6-14(29(38)39)5-15(7-18)30(40)41)27-25-24(22)28(37)21-4-2-1-3-20(21)26(25)33-12-34-27/h1-12,35-36H,13H2,(H,38,39)(H,40,41). The van der Waals surface area contributed by atoms with Gasteiger partial charge >= 0.3 is 11.9 Å². The molecular formula is C30H18Cl2N4O6. The van der Waals surface area contributed by atoms with Crippen molar-refractivity contribution in [2.75, 3.05) is 17.4 Å². The Balaban J connectivity index is 1.49. The SMILES string of the molecule is O=C(O)c1cc(Nc2cc(NCOc3cc(Cl)cc(Cl)c3)c3c4c(ncnc24)-c2ccccc2C3=O)cc(C(=O)O)c1. The van der Waals surface area contributed by atoms with E-state index in [-0.39, 0.29) is 29.3 Å². The number of hydrogen-bond donors (Lipinski definition) is 4. The van der Waals surface area contributed by atoms with Gasteiger partial charge in [-0.25, -0.2) is 19.6 Å². The molecule has 10 nitrogen and oxygen atoms in total. The van der Waals surface area contributed by atoms with Crippen molar-refractivity contribution in [3.63, 3.8) is 0 Å². The highest BCUT2D eigenvalue weighted by Gasteiger charge is 2.30. The molecule has 0 saturated heterocycles. The van der Waals surface area contributed by atoms with E-state index in [1.807, 2.05) is 0 Å². The van der Waals surface area contributed by atoms with Crippen LogP contribution in [0.3, 0.4) is 0 Å². The molecule has 0 radical (unpaired) electrons.